The number of hydrogen-bond donors (Lipinski definition) is 1. The Morgan fingerprint density at radius 1 is 1.24 bits per heavy atom. The van der Waals surface area contributed by atoms with Gasteiger partial charge in [-0.2, -0.15) is 0 Å². The first kappa shape index (κ1) is 14.3. The van der Waals surface area contributed by atoms with Crippen LogP contribution in [-0.4, -0.2) is 39.7 Å². The molecule has 1 N–H and O–H groups in total. The second-order valence-electron chi connectivity index (χ2n) is 4.51. The van der Waals surface area contributed by atoms with Gasteiger partial charge in [-0.25, -0.2) is 13.4 Å². The summed E-state index contributed by atoms with van der Waals surface area (Å²) in [6.45, 7) is 2.64. The monoisotopic (exact) mass is 325 g/mol. The van der Waals surface area contributed by atoms with E-state index in [2.05, 4.69) is 9.71 Å². The average Bonchev–Trinajstić information content (AvgIpc) is 3.03. The lowest BCUT2D eigenvalue weighted by Crippen LogP contribution is -2.37. The summed E-state index contributed by atoms with van der Waals surface area (Å²) in [4.78, 5) is 6.34. The number of sulfonamides is 1. The summed E-state index contributed by atoms with van der Waals surface area (Å²) < 4.78 is 32.9. The van der Waals surface area contributed by atoms with Crippen molar-refractivity contribution in [1.29, 1.82) is 0 Å². The first-order chi connectivity index (χ1) is 10.2. The number of thiophene rings is 1. The highest BCUT2D eigenvalue weighted by Gasteiger charge is 2.21. The molecule has 1 aliphatic heterocycles. The molecule has 21 heavy (non-hydrogen) atoms. The van der Waals surface area contributed by atoms with Crippen molar-refractivity contribution in [2.45, 2.75) is 4.21 Å². The van der Waals surface area contributed by atoms with E-state index < -0.39 is 10.0 Å². The Kier molecular flexibility index (Phi) is 4.09. The lowest BCUT2D eigenvalue weighted by molar-refractivity contribution is 0.122. The highest BCUT2D eigenvalue weighted by molar-refractivity contribution is 7.94. The molecule has 3 heterocycles. The molecule has 2 aromatic rings. The van der Waals surface area contributed by atoms with Crippen LogP contribution >= 0.6 is 11.3 Å². The van der Waals surface area contributed by atoms with Crippen LogP contribution in [0, 0.1) is 0 Å². The van der Waals surface area contributed by atoms with Gasteiger partial charge in [0.15, 0.2) is 5.82 Å². The van der Waals surface area contributed by atoms with E-state index in [-0.39, 0.29) is 0 Å². The molecular formula is C13H15N3O3S2. The summed E-state index contributed by atoms with van der Waals surface area (Å²) in [5, 5.41) is 1.74. The van der Waals surface area contributed by atoms with Crippen LogP contribution in [0.3, 0.4) is 0 Å². The molecule has 0 aliphatic carbocycles. The molecule has 0 radical (unpaired) electrons. The normalized spacial score (nSPS) is 15.9. The molecule has 8 heteroatoms. The van der Waals surface area contributed by atoms with Gasteiger partial charge in [0, 0.05) is 19.3 Å². The van der Waals surface area contributed by atoms with E-state index >= 15 is 0 Å². The summed E-state index contributed by atoms with van der Waals surface area (Å²) in [7, 11) is -3.56. The molecule has 0 bridgehead atoms. The molecule has 0 amide bonds. The quantitative estimate of drug-likeness (QED) is 0.928. The van der Waals surface area contributed by atoms with E-state index in [0.29, 0.717) is 42.0 Å². The van der Waals surface area contributed by atoms with Crippen LogP contribution in [0.15, 0.2) is 40.1 Å². The van der Waals surface area contributed by atoms with E-state index in [1.165, 1.54) is 11.3 Å². The molecule has 2 aromatic heterocycles. The molecule has 112 valence electrons. The van der Waals surface area contributed by atoms with Crippen molar-refractivity contribution in [3.05, 3.63) is 35.8 Å². The van der Waals surface area contributed by atoms with Crippen molar-refractivity contribution >= 4 is 32.9 Å². The van der Waals surface area contributed by atoms with Crippen LogP contribution in [0.4, 0.5) is 11.5 Å². The van der Waals surface area contributed by atoms with Gasteiger partial charge in [0.1, 0.15) is 4.21 Å². The first-order valence-electron chi connectivity index (χ1n) is 6.51. The predicted octanol–water partition coefficient (Wildman–Crippen LogP) is 1.78. The van der Waals surface area contributed by atoms with Crippen molar-refractivity contribution in [2.24, 2.45) is 0 Å². The fourth-order valence-corrected chi connectivity index (χ4v) is 4.17. The van der Waals surface area contributed by atoms with Gasteiger partial charge in [0.25, 0.3) is 10.0 Å². The van der Waals surface area contributed by atoms with E-state index in [1.54, 1.807) is 35.8 Å². The largest absolute Gasteiger partial charge is 0.378 e. The minimum absolute atomic E-state index is 0.291. The van der Waals surface area contributed by atoms with Crippen molar-refractivity contribution in [3.63, 3.8) is 0 Å². The molecule has 0 spiro atoms. The van der Waals surface area contributed by atoms with Crippen LogP contribution in [0.2, 0.25) is 0 Å². The number of morpholine rings is 1. The average molecular weight is 325 g/mol. The minimum atomic E-state index is -3.56. The van der Waals surface area contributed by atoms with Crippen LogP contribution < -0.4 is 9.62 Å². The summed E-state index contributed by atoms with van der Waals surface area (Å²) in [6.07, 6.45) is 1.66. The third-order valence-electron chi connectivity index (χ3n) is 3.10. The fourth-order valence-electron chi connectivity index (χ4n) is 2.12. The Bertz CT molecular complexity index is 695. The number of nitrogens with zero attached hydrogens (tertiary/aromatic N) is 2. The highest BCUT2D eigenvalue weighted by atomic mass is 32.2. The zero-order valence-electron chi connectivity index (χ0n) is 11.2. The summed E-state index contributed by atoms with van der Waals surface area (Å²) >= 11 is 1.19. The SMILES string of the molecule is O=S(=O)(Nc1cccnc1N1CCOCC1)c1cccs1. The van der Waals surface area contributed by atoms with Crippen molar-refractivity contribution in [1.82, 2.24) is 4.98 Å². The topological polar surface area (TPSA) is 71.5 Å². The van der Waals surface area contributed by atoms with Gasteiger partial charge in [-0.1, -0.05) is 6.07 Å². The molecule has 6 nitrogen and oxygen atoms in total. The number of anilines is 2. The van der Waals surface area contributed by atoms with Gasteiger partial charge >= 0.3 is 0 Å². The fraction of sp³-hybridized carbons (Fsp3) is 0.308. The molecular weight excluding hydrogens is 310 g/mol. The Hall–Kier alpha value is -1.64. The van der Waals surface area contributed by atoms with Crippen molar-refractivity contribution in [3.8, 4) is 0 Å². The molecule has 1 fully saturated rings. The molecule has 1 saturated heterocycles. The first-order valence-corrected chi connectivity index (χ1v) is 8.87. The predicted molar refractivity (Wildman–Crippen MR) is 82.4 cm³/mol. The maximum Gasteiger partial charge on any atom is 0.271 e. The summed E-state index contributed by atoms with van der Waals surface area (Å²) in [5.74, 6) is 0.640. The Morgan fingerprint density at radius 2 is 2.05 bits per heavy atom. The van der Waals surface area contributed by atoms with Gasteiger partial charge < -0.3 is 9.64 Å². The maximum absolute atomic E-state index is 12.3. The molecule has 0 saturated carbocycles. The number of ether oxygens (including phenoxy) is 1. The lowest BCUT2D eigenvalue weighted by atomic mass is 10.3. The third kappa shape index (κ3) is 3.17. The van der Waals surface area contributed by atoms with Crippen molar-refractivity contribution < 1.29 is 13.2 Å². The van der Waals surface area contributed by atoms with Crippen LogP contribution in [-0.2, 0) is 14.8 Å². The third-order valence-corrected chi connectivity index (χ3v) is 5.86. The van der Waals surface area contributed by atoms with Crippen LogP contribution in [0.25, 0.3) is 0 Å². The second-order valence-corrected chi connectivity index (χ2v) is 7.37. The van der Waals surface area contributed by atoms with Crippen LogP contribution in [0.5, 0.6) is 0 Å². The summed E-state index contributed by atoms with van der Waals surface area (Å²) in [6, 6.07) is 6.74. The highest BCUT2D eigenvalue weighted by Crippen LogP contribution is 2.27. The Balaban J connectivity index is 1.89. The molecule has 0 aromatic carbocycles. The molecule has 1 aliphatic rings. The summed E-state index contributed by atoms with van der Waals surface area (Å²) in [5.41, 5.74) is 0.493. The Labute approximate surface area is 127 Å². The zero-order valence-corrected chi connectivity index (χ0v) is 12.9. The van der Waals surface area contributed by atoms with Gasteiger partial charge in [-0.3, -0.25) is 4.72 Å². The minimum Gasteiger partial charge on any atom is -0.378 e. The van der Waals surface area contributed by atoms with Crippen LogP contribution in [0.1, 0.15) is 0 Å². The molecule has 3 rings (SSSR count). The second kappa shape index (κ2) is 6.00. The van der Waals surface area contributed by atoms with E-state index in [0.717, 1.165) is 0 Å². The number of nitrogens with one attached hydrogen (secondary N) is 1. The maximum atomic E-state index is 12.3. The van der Waals surface area contributed by atoms with Gasteiger partial charge in [0.05, 0.1) is 18.9 Å². The van der Waals surface area contributed by atoms with Crippen molar-refractivity contribution in [2.75, 3.05) is 35.9 Å². The molecule has 0 atom stereocenters. The van der Waals surface area contributed by atoms with E-state index in [4.69, 9.17) is 4.74 Å². The number of aromatic nitrogens is 1. The lowest BCUT2D eigenvalue weighted by Gasteiger charge is -2.29. The number of rotatable bonds is 4. The van der Waals surface area contributed by atoms with Gasteiger partial charge in [0.2, 0.25) is 0 Å². The Morgan fingerprint density at radius 3 is 2.76 bits per heavy atom. The van der Waals surface area contributed by atoms with Gasteiger partial charge in [-0.05, 0) is 23.6 Å². The van der Waals surface area contributed by atoms with E-state index in [1.807, 2.05) is 4.90 Å². The molecule has 0 unspecified atom stereocenters. The van der Waals surface area contributed by atoms with E-state index in [9.17, 15) is 8.42 Å². The smallest absolute Gasteiger partial charge is 0.271 e. The number of pyridine rings is 1. The standard InChI is InChI=1S/C13H15N3O3S2/c17-21(18,12-4-2-10-20-12)15-11-3-1-5-14-13(11)16-6-8-19-9-7-16/h1-5,10,15H,6-9H2. The number of hydrogen-bond acceptors (Lipinski definition) is 6. The zero-order chi connectivity index (χ0) is 14.7. The van der Waals surface area contributed by atoms with Gasteiger partial charge in [-0.15, -0.1) is 11.3 Å².